The molecule has 0 radical (unpaired) electrons. The van der Waals surface area contributed by atoms with Crippen LogP contribution in [0.4, 0.5) is 0 Å². The normalized spacial score (nSPS) is 11.0. The minimum Gasteiger partial charge on any atom is -0.295 e. The fourth-order valence-corrected chi connectivity index (χ4v) is 2.49. The van der Waals surface area contributed by atoms with Crippen LogP contribution in [0.15, 0.2) is 73.3 Å². The van der Waals surface area contributed by atoms with E-state index >= 15 is 0 Å². The van der Waals surface area contributed by atoms with Crippen LogP contribution >= 0.6 is 0 Å². The number of benzene rings is 2. The van der Waals surface area contributed by atoms with Crippen molar-refractivity contribution in [3.63, 3.8) is 0 Å². The standard InChI is InChI=1S/C17H18N2O2/c1-2-13-18-17(14-19(20)21,15-9-5-3-6-10-15)16-11-7-4-8-12-16/h2-12,18H,1,13-14H2. The van der Waals surface area contributed by atoms with Crippen LogP contribution < -0.4 is 5.32 Å². The first-order valence-electron chi connectivity index (χ1n) is 6.78. The highest BCUT2D eigenvalue weighted by Crippen LogP contribution is 2.30. The van der Waals surface area contributed by atoms with Crippen molar-refractivity contribution in [1.82, 2.24) is 5.32 Å². The van der Waals surface area contributed by atoms with Crippen molar-refractivity contribution in [1.29, 1.82) is 0 Å². The van der Waals surface area contributed by atoms with Crippen LogP contribution in [-0.4, -0.2) is 18.0 Å². The van der Waals surface area contributed by atoms with Gasteiger partial charge in [-0.25, -0.2) is 0 Å². The number of hydrogen-bond donors (Lipinski definition) is 1. The molecule has 0 saturated carbocycles. The first kappa shape index (κ1) is 14.9. The lowest BCUT2D eigenvalue weighted by molar-refractivity contribution is -0.490. The Balaban J connectivity index is 2.58. The van der Waals surface area contributed by atoms with Gasteiger partial charge in [-0.3, -0.25) is 15.4 Å². The molecule has 0 heterocycles. The van der Waals surface area contributed by atoms with Crippen molar-refractivity contribution in [2.75, 3.05) is 13.1 Å². The quantitative estimate of drug-likeness (QED) is 0.482. The Labute approximate surface area is 124 Å². The van der Waals surface area contributed by atoms with E-state index in [9.17, 15) is 10.1 Å². The second kappa shape index (κ2) is 6.81. The van der Waals surface area contributed by atoms with Crippen molar-refractivity contribution in [3.05, 3.63) is 94.6 Å². The predicted molar refractivity (Wildman–Crippen MR) is 83.7 cm³/mol. The van der Waals surface area contributed by atoms with Gasteiger partial charge in [0, 0.05) is 11.5 Å². The molecule has 0 amide bonds. The number of nitrogens with one attached hydrogen (secondary N) is 1. The number of hydrogen-bond acceptors (Lipinski definition) is 3. The second-order valence-corrected chi connectivity index (χ2v) is 4.80. The highest BCUT2D eigenvalue weighted by atomic mass is 16.6. The predicted octanol–water partition coefficient (Wildman–Crippen LogP) is 2.98. The van der Waals surface area contributed by atoms with Gasteiger partial charge >= 0.3 is 0 Å². The molecule has 108 valence electrons. The van der Waals surface area contributed by atoms with E-state index in [2.05, 4.69) is 11.9 Å². The van der Waals surface area contributed by atoms with Crippen LogP contribution in [0.5, 0.6) is 0 Å². The molecular weight excluding hydrogens is 264 g/mol. The molecule has 0 aliphatic heterocycles. The smallest absolute Gasteiger partial charge is 0.230 e. The number of nitrogens with zero attached hydrogens (tertiary/aromatic N) is 1. The van der Waals surface area contributed by atoms with E-state index in [-0.39, 0.29) is 11.5 Å². The van der Waals surface area contributed by atoms with E-state index in [0.29, 0.717) is 6.54 Å². The van der Waals surface area contributed by atoms with Crippen molar-refractivity contribution in [2.45, 2.75) is 5.54 Å². The van der Waals surface area contributed by atoms with Gasteiger partial charge in [0.1, 0.15) is 5.54 Å². The summed E-state index contributed by atoms with van der Waals surface area (Å²) < 4.78 is 0. The van der Waals surface area contributed by atoms with Gasteiger partial charge in [-0.05, 0) is 11.1 Å². The van der Waals surface area contributed by atoms with E-state index in [1.54, 1.807) is 6.08 Å². The van der Waals surface area contributed by atoms with Gasteiger partial charge in [-0.15, -0.1) is 6.58 Å². The zero-order chi connectivity index (χ0) is 15.1. The summed E-state index contributed by atoms with van der Waals surface area (Å²) in [5, 5.41) is 14.6. The third kappa shape index (κ3) is 3.35. The van der Waals surface area contributed by atoms with Gasteiger partial charge in [-0.2, -0.15) is 0 Å². The van der Waals surface area contributed by atoms with E-state index in [1.165, 1.54) is 0 Å². The fourth-order valence-electron chi connectivity index (χ4n) is 2.49. The summed E-state index contributed by atoms with van der Waals surface area (Å²) in [4.78, 5) is 11.0. The molecular formula is C17H18N2O2. The molecule has 2 aromatic carbocycles. The Kier molecular flexibility index (Phi) is 4.85. The summed E-state index contributed by atoms with van der Waals surface area (Å²) in [6, 6.07) is 19.0. The highest BCUT2D eigenvalue weighted by Gasteiger charge is 2.38. The van der Waals surface area contributed by atoms with E-state index in [0.717, 1.165) is 11.1 Å². The summed E-state index contributed by atoms with van der Waals surface area (Å²) in [5.41, 5.74) is 0.879. The highest BCUT2D eigenvalue weighted by molar-refractivity contribution is 5.38. The summed E-state index contributed by atoms with van der Waals surface area (Å²) in [5.74, 6) is 0. The maximum Gasteiger partial charge on any atom is 0.230 e. The Morgan fingerprint density at radius 2 is 1.52 bits per heavy atom. The van der Waals surface area contributed by atoms with E-state index in [1.807, 2.05) is 60.7 Å². The van der Waals surface area contributed by atoms with Gasteiger partial charge in [0.25, 0.3) is 0 Å². The third-order valence-electron chi connectivity index (χ3n) is 3.45. The summed E-state index contributed by atoms with van der Waals surface area (Å²) >= 11 is 0. The average molecular weight is 282 g/mol. The molecule has 4 heteroatoms. The minimum absolute atomic E-state index is 0.227. The molecule has 0 aliphatic carbocycles. The van der Waals surface area contributed by atoms with Crippen LogP contribution in [0.1, 0.15) is 11.1 Å². The Morgan fingerprint density at radius 1 is 1.05 bits per heavy atom. The number of nitro groups is 1. The molecule has 0 unspecified atom stereocenters. The minimum atomic E-state index is -0.861. The SMILES string of the molecule is C=CCNC(C[N+](=O)[O-])(c1ccccc1)c1ccccc1. The molecule has 0 spiro atoms. The third-order valence-corrected chi connectivity index (χ3v) is 3.45. The van der Waals surface area contributed by atoms with Crippen LogP contribution in [0.25, 0.3) is 0 Å². The maximum atomic E-state index is 11.3. The molecule has 0 bridgehead atoms. The second-order valence-electron chi connectivity index (χ2n) is 4.80. The molecule has 0 atom stereocenters. The van der Waals surface area contributed by atoms with Crippen molar-refractivity contribution >= 4 is 0 Å². The monoisotopic (exact) mass is 282 g/mol. The van der Waals surface area contributed by atoms with Gasteiger partial charge in [-0.1, -0.05) is 66.7 Å². The van der Waals surface area contributed by atoms with Crippen LogP contribution in [0.3, 0.4) is 0 Å². The van der Waals surface area contributed by atoms with Crippen LogP contribution in [-0.2, 0) is 5.54 Å². The lowest BCUT2D eigenvalue weighted by Gasteiger charge is -2.32. The molecule has 0 fully saturated rings. The summed E-state index contributed by atoms with van der Waals surface area (Å²) in [6.07, 6.45) is 1.71. The average Bonchev–Trinajstić information content (AvgIpc) is 2.53. The Hall–Kier alpha value is -2.46. The van der Waals surface area contributed by atoms with Gasteiger partial charge in [0.15, 0.2) is 0 Å². The molecule has 4 nitrogen and oxygen atoms in total. The molecule has 21 heavy (non-hydrogen) atoms. The summed E-state index contributed by atoms with van der Waals surface area (Å²) in [6.45, 7) is 3.95. The first-order chi connectivity index (χ1) is 10.2. The van der Waals surface area contributed by atoms with Gasteiger partial charge < -0.3 is 0 Å². The number of rotatable bonds is 7. The molecule has 0 aromatic heterocycles. The van der Waals surface area contributed by atoms with Gasteiger partial charge in [0.05, 0.1) is 0 Å². The van der Waals surface area contributed by atoms with Crippen molar-refractivity contribution < 1.29 is 4.92 Å². The molecule has 1 N–H and O–H groups in total. The molecule has 2 rings (SSSR count). The zero-order valence-electron chi connectivity index (χ0n) is 11.7. The first-order valence-corrected chi connectivity index (χ1v) is 6.78. The lowest BCUT2D eigenvalue weighted by atomic mass is 9.82. The lowest BCUT2D eigenvalue weighted by Crippen LogP contribution is -2.49. The van der Waals surface area contributed by atoms with Crippen LogP contribution in [0.2, 0.25) is 0 Å². The molecule has 2 aromatic rings. The van der Waals surface area contributed by atoms with Crippen molar-refractivity contribution in [3.8, 4) is 0 Å². The topological polar surface area (TPSA) is 55.2 Å². The van der Waals surface area contributed by atoms with Crippen molar-refractivity contribution in [2.24, 2.45) is 0 Å². The van der Waals surface area contributed by atoms with Gasteiger partial charge in [0.2, 0.25) is 6.54 Å². The van der Waals surface area contributed by atoms with Crippen LogP contribution in [0, 0.1) is 10.1 Å². The molecule has 0 saturated heterocycles. The van der Waals surface area contributed by atoms with E-state index in [4.69, 9.17) is 0 Å². The maximum absolute atomic E-state index is 11.3. The zero-order valence-corrected chi connectivity index (χ0v) is 11.7. The largest absolute Gasteiger partial charge is 0.295 e. The molecule has 0 aliphatic rings. The summed E-state index contributed by atoms with van der Waals surface area (Å²) in [7, 11) is 0. The van der Waals surface area contributed by atoms with E-state index < -0.39 is 5.54 Å². The Morgan fingerprint density at radius 3 is 1.90 bits per heavy atom. The fraction of sp³-hybridized carbons (Fsp3) is 0.176. The Bertz CT molecular complexity index is 557.